The van der Waals surface area contributed by atoms with Crippen LogP contribution in [-0.2, 0) is 6.54 Å². The maximum absolute atomic E-state index is 10.7. The van der Waals surface area contributed by atoms with E-state index in [4.69, 9.17) is 4.74 Å². The van der Waals surface area contributed by atoms with Crippen molar-refractivity contribution in [2.24, 2.45) is 0 Å². The number of halogens is 2. The molecule has 1 atom stereocenters. The third kappa shape index (κ3) is 3.07. The molecule has 0 spiro atoms. The smallest absolute Gasteiger partial charge is 0.123 e. The minimum absolute atomic E-state index is 0.708. The van der Waals surface area contributed by atoms with E-state index in [2.05, 4.69) is 43.9 Å². The van der Waals surface area contributed by atoms with Crippen molar-refractivity contribution in [1.29, 1.82) is 0 Å². The maximum Gasteiger partial charge on any atom is 0.123 e. The Balaban J connectivity index is 2.45. The lowest BCUT2D eigenvalue weighted by molar-refractivity contribution is 0.205. The molecule has 1 aromatic heterocycles. The molecule has 0 saturated carbocycles. The predicted octanol–water partition coefficient (Wildman–Crippen LogP) is 3.91. The molecule has 2 rings (SSSR count). The average Bonchev–Trinajstić information content (AvgIpc) is 2.80. The van der Waals surface area contributed by atoms with Crippen LogP contribution in [0.2, 0.25) is 0 Å². The van der Waals surface area contributed by atoms with E-state index in [0.29, 0.717) is 5.75 Å². The highest BCUT2D eigenvalue weighted by molar-refractivity contribution is 9.10. The SMILES string of the molecule is CCCn1ncc(Br)c1C(O)c1cc(OC)ccc1Br. The van der Waals surface area contributed by atoms with E-state index in [1.165, 1.54) is 0 Å². The zero-order chi connectivity index (χ0) is 14.7. The van der Waals surface area contributed by atoms with Gasteiger partial charge in [0.2, 0.25) is 0 Å². The molecule has 0 aliphatic heterocycles. The second-order valence-corrected chi connectivity index (χ2v) is 6.10. The normalized spacial score (nSPS) is 12.4. The fraction of sp³-hybridized carbons (Fsp3) is 0.357. The molecule has 1 unspecified atom stereocenters. The molecular formula is C14H16Br2N2O2. The fourth-order valence-electron chi connectivity index (χ4n) is 2.04. The number of aliphatic hydroxyl groups is 1. The van der Waals surface area contributed by atoms with Gasteiger partial charge in [-0.1, -0.05) is 22.9 Å². The van der Waals surface area contributed by atoms with Crippen molar-refractivity contribution in [2.75, 3.05) is 7.11 Å². The number of nitrogens with zero attached hydrogens (tertiary/aromatic N) is 2. The number of benzene rings is 1. The Bertz CT molecular complexity index is 599. The molecule has 0 radical (unpaired) electrons. The molecule has 0 bridgehead atoms. The molecule has 20 heavy (non-hydrogen) atoms. The van der Waals surface area contributed by atoms with Gasteiger partial charge in [-0.2, -0.15) is 5.10 Å². The Morgan fingerprint density at radius 1 is 1.35 bits per heavy atom. The molecule has 0 aliphatic rings. The molecule has 1 N–H and O–H groups in total. The predicted molar refractivity (Wildman–Crippen MR) is 85.0 cm³/mol. The van der Waals surface area contributed by atoms with E-state index in [1.807, 2.05) is 22.9 Å². The molecule has 0 aliphatic carbocycles. The highest BCUT2D eigenvalue weighted by Gasteiger charge is 2.21. The van der Waals surface area contributed by atoms with Crippen LogP contribution in [0.3, 0.4) is 0 Å². The van der Waals surface area contributed by atoms with Crippen molar-refractivity contribution in [3.05, 3.63) is 44.6 Å². The largest absolute Gasteiger partial charge is 0.497 e. The monoisotopic (exact) mass is 402 g/mol. The van der Waals surface area contributed by atoms with Gasteiger partial charge in [-0.25, -0.2) is 0 Å². The van der Waals surface area contributed by atoms with E-state index >= 15 is 0 Å². The third-order valence-corrected chi connectivity index (χ3v) is 4.36. The summed E-state index contributed by atoms with van der Waals surface area (Å²) >= 11 is 6.93. The summed E-state index contributed by atoms with van der Waals surface area (Å²) in [6, 6.07) is 5.54. The minimum Gasteiger partial charge on any atom is -0.497 e. The van der Waals surface area contributed by atoms with Crippen LogP contribution in [-0.4, -0.2) is 22.0 Å². The van der Waals surface area contributed by atoms with Gasteiger partial charge in [0.15, 0.2) is 0 Å². The van der Waals surface area contributed by atoms with Gasteiger partial charge in [-0.05, 0) is 40.5 Å². The van der Waals surface area contributed by atoms with Gasteiger partial charge in [0.05, 0.1) is 23.5 Å². The van der Waals surface area contributed by atoms with Gasteiger partial charge in [-0.3, -0.25) is 4.68 Å². The van der Waals surface area contributed by atoms with Crippen LogP contribution in [0.5, 0.6) is 5.75 Å². The zero-order valence-electron chi connectivity index (χ0n) is 11.3. The van der Waals surface area contributed by atoms with Gasteiger partial charge in [0, 0.05) is 16.6 Å². The van der Waals surface area contributed by atoms with E-state index in [9.17, 15) is 5.11 Å². The summed E-state index contributed by atoms with van der Waals surface area (Å²) in [6.07, 6.45) is 1.89. The lowest BCUT2D eigenvalue weighted by Crippen LogP contribution is -2.11. The summed E-state index contributed by atoms with van der Waals surface area (Å²) in [5.74, 6) is 0.708. The molecular weight excluding hydrogens is 388 g/mol. The lowest BCUT2D eigenvalue weighted by Gasteiger charge is -2.16. The molecule has 0 amide bonds. The topological polar surface area (TPSA) is 47.3 Å². The number of rotatable bonds is 5. The molecule has 1 heterocycles. The first-order valence-corrected chi connectivity index (χ1v) is 7.89. The molecule has 0 saturated heterocycles. The van der Waals surface area contributed by atoms with Crippen LogP contribution in [0.1, 0.15) is 30.7 Å². The molecule has 4 nitrogen and oxygen atoms in total. The molecule has 0 fully saturated rings. The van der Waals surface area contributed by atoms with Crippen molar-refractivity contribution in [2.45, 2.75) is 26.0 Å². The van der Waals surface area contributed by atoms with Gasteiger partial charge >= 0.3 is 0 Å². The van der Waals surface area contributed by atoms with Crippen LogP contribution in [0.15, 0.2) is 33.3 Å². The summed E-state index contributed by atoms with van der Waals surface area (Å²) in [5.41, 5.74) is 1.50. The van der Waals surface area contributed by atoms with Crippen LogP contribution in [0.4, 0.5) is 0 Å². The molecule has 2 aromatic rings. The number of ether oxygens (including phenoxy) is 1. The first-order valence-electron chi connectivity index (χ1n) is 6.31. The van der Waals surface area contributed by atoms with Gasteiger partial charge < -0.3 is 9.84 Å². The average molecular weight is 404 g/mol. The van der Waals surface area contributed by atoms with Gasteiger partial charge in [0.25, 0.3) is 0 Å². The fourth-order valence-corrected chi connectivity index (χ4v) is 3.02. The zero-order valence-corrected chi connectivity index (χ0v) is 14.5. The highest BCUT2D eigenvalue weighted by Crippen LogP contribution is 2.34. The highest BCUT2D eigenvalue weighted by atomic mass is 79.9. The van der Waals surface area contributed by atoms with Gasteiger partial charge in [0.1, 0.15) is 11.9 Å². The maximum atomic E-state index is 10.7. The first kappa shape index (κ1) is 15.5. The minimum atomic E-state index is -0.775. The number of hydrogen-bond donors (Lipinski definition) is 1. The van der Waals surface area contributed by atoms with E-state index in [0.717, 1.165) is 33.2 Å². The summed E-state index contributed by atoms with van der Waals surface area (Å²) in [5, 5.41) is 15.0. The van der Waals surface area contributed by atoms with Crippen molar-refractivity contribution < 1.29 is 9.84 Å². The standard InChI is InChI=1S/C14H16Br2N2O2/c1-3-6-18-13(12(16)8-17-18)14(19)10-7-9(20-2)4-5-11(10)15/h4-5,7-8,14,19H,3,6H2,1-2H3. The van der Waals surface area contributed by atoms with E-state index in [1.54, 1.807) is 13.3 Å². The van der Waals surface area contributed by atoms with Gasteiger partial charge in [-0.15, -0.1) is 0 Å². The second-order valence-electron chi connectivity index (χ2n) is 4.39. The number of methoxy groups -OCH3 is 1. The third-order valence-electron chi connectivity index (χ3n) is 3.03. The van der Waals surface area contributed by atoms with Crippen molar-refractivity contribution >= 4 is 31.9 Å². The summed E-state index contributed by atoms with van der Waals surface area (Å²) in [6.45, 7) is 2.84. The summed E-state index contributed by atoms with van der Waals surface area (Å²) in [4.78, 5) is 0. The van der Waals surface area contributed by atoms with Crippen molar-refractivity contribution in [3.8, 4) is 5.75 Å². The van der Waals surface area contributed by atoms with Crippen LogP contribution >= 0.6 is 31.9 Å². The molecule has 108 valence electrons. The van der Waals surface area contributed by atoms with Crippen LogP contribution < -0.4 is 4.74 Å². The van der Waals surface area contributed by atoms with E-state index in [-0.39, 0.29) is 0 Å². The Kier molecular flexibility index (Phi) is 5.23. The van der Waals surface area contributed by atoms with Crippen molar-refractivity contribution in [3.63, 3.8) is 0 Å². The Labute approximate surface area is 135 Å². The van der Waals surface area contributed by atoms with E-state index < -0.39 is 6.10 Å². The molecule has 6 heteroatoms. The number of aryl methyl sites for hydroxylation is 1. The quantitative estimate of drug-likeness (QED) is 0.823. The molecule has 1 aromatic carbocycles. The number of aromatic nitrogens is 2. The first-order chi connectivity index (χ1) is 9.58. The van der Waals surface area contributed by atoms with Crippen LogP contribution in [0, 0.1) is 0 Å². The second kappa shape index (κ2) is 6.74. The summed E-state index contributed by atoms with van der Waals surface area (Å²) in [7, 11) is 1.61. The Hall–Kier alpha value is -0.850. The van der Waals surface area contributed by atoms with Crippen molar-refractivity contribution in [1.82, 2.24) is 9.78 Å². The summed E-state index contributed by atoms with van der Waals surface area (Å²) < 4.78 is 8.67. The Morgan fingerprint density at radius 2 is 2.10 bits per heavy atom. The van der Waals surface area contributed by atoms with Crippen LogP contribution in [0.25, 0.3) is 0 Å². The Morgan fingerprint density at radius 3 is 2.75 bits per heavy atom. The number of hydrogen-bond acceptors (Lipinski definition) is 3. The number of aliphatic hydroxyl groups excluding tert-OH is 1. The lowest BCUT2D eigenvalue weighted by atomic mass is 10.1.